The van der Waals surface area contributed by atoms with Crippen molar-refractivity contribution >= 4 is 5.91 Å². The molecule has 0 fully saturated rings. The topological polar surface area (TPSA) is 47.6 Å². The monoisotopic (exact) mass is 313 g/mol. The van der Waals surface area contributed by atoms with Gasteiger partial charge in [0.15, 0.2) is 0 Å². The van der Waals surface area contributed by atoms with Gasteiger partial charge in [0.05, 0.1) is 12.7 Å². The summed E-state index contributed by atoms with van der Waals surface area (Å²) in [5.74, 6) is 1.45. The Morgan fingerprint density at radius 2 is 1.78 bits per heavy atom. The van der Waals surface area contributed by atoms with Gasteiger partial charge < -0.3 is 14.8 Å². The molecule has 4 heteroatoms. The summed E-state index contributed by atoms with van der Waals surface area (Å²) in [5, 5.41) is 2.91. The van der Waals surface area contributed by atoms with Gasteiger partial charge in [0.2, 0.25) is 0 Å². The minimum atomic E-state index is -0.118. The summed E-state index contributed by atoms with van der Waals surface area (Å²) in [6.45, 7) is 6.91. The smallest absolute Gasteiger partial charge is 0.251 e. The quantitative estimate of drug-likeness (QED) is 0.845. The van der Waals surface area contributed by atoms with Gasteiger partial charge in [0, 0.05) is 17.7 Å². The third kappa shape index (κ3) is 5.02. The van der Waals surface area contributed by atoms with Crippen LogP contribution in [0.3, 0.4) is 0 Å². The predicted octanol–water partition coefficient (Wildman–Crippen LogP) is 3.80. The Morgan fingerprint density at radius 1 is 1.09 bits per heavy atom. The molecule has 0 spiro atoms. The van der Waals surface area contributed by atoms with Crippen LogP contribution in [-0.4, -0.2) is 18.6 Å². The second kappa shape index (κ2) is 8.22. The van der Waals surface area contributed by atoms with Crippen LogP contribution in [-0.2, 0) is 6.54 Å². The SMILES string of the molecule is CCOc1ccccc1CNC(=O)c1ccc(OC(C)C)cc1. The van der Waals surface area contributed by atoms with Gasteiger partial charge in [-0.15, -0.1) is 0 Å². The van der Waals surface area contributed by atoms with Crippen LogP contribution < -0.4 is 14.8 Å². The molecular formula is C19H23NO3. The van der Waals surface area contributed by atoms with Crippen molar-refractivity contribution in [1.82, 2.24) is 5.32 Å². The van der Waals surface area contributed by atoms with Crippen molar-refractivity contribution in [2.75, 3.05) is 6.61 Å². The molecule has 0 atom stereocenters. The molecule has 2 rings (SSSR count). The molecular weight excluding hydrogens is 290 g/mol. The van der Waals surface area contributed by atoms with Crippen molar-refractivity contribution in [2.45, 2.75) is 33.4 Å². The first-order valence-corrected chi connectivity index (χ1v) is 7.85. The van der Waals surface area contributed by atoms with Gasteiger partial charge in [-0.1, -0.05) is 18.2 Å². The van der Waals surface area contributed by atoms with Gasteiger partial charge in [-0.25, -0.2) is 0 Å². The highest BCUT2D eigenvalue weighted by Crippen LogP contribution is 2.18. The van der Waals surface area contributed by atoms with Gasteiger partial charge in [0.25, 0.3) is 5.91 Å². The Hall–Kier alpha value is -2.49. The van der Waals surface area contributed by atoms with Crippen LogP contribution >= 0.6 is 0 Å². The second-order valence-corrected chi connectivity index (χ2v) is 5.41. The van der Waals surface area contributed by atoms with Gasteiger partial charge in [0.1, 0.15) is 11.5 Å². The van der Waals surface area contributed by atoms with Gasteiger partial charge in [-0.3, -0.25) is 4.79 Å². The minimum Gasteiger partial charge on any atom is -0.494 e. The Kier molecular flexibility index (Phi) is 6.03. The van der Waals surface area contributed by atoms with E-state index in [4.69, 9.17) is 9.47 Å². The fourth-order valence-corrected chi connectivity index (χ4v) is 2.18. The third-order valence-corrected chi connectivity index (χ3v) is 3.20. The molecule has 0 aliphatic carbocycles. The lowest BCUT2D eigenvalue weighted by Gasteiger charge is -2.12. The predicted molar refractivity (Wildman–Crippen MR) is 91.0 cm³/mol. The number of hydrogen-bond donors (Lipinski definition) is 1. The van der Waals surface area contributed by atoms with Crippen LogP contribution in [0.5, 0.6) is 11.5 Å². The summed E-state index contributed by atoms with van der Waals surface area (Å²) in [7, 11) is 0. The first-order valence-electron chi connectivity index (χ1n) is 7.85. The molecule has 1 amide bonds. The van der Waals surface area contributed by atoms with E-state index in [2.05, 4.69) is 5.32 Å². The maximum absolute atomic E-state index is 12.2. The van der Waals surface area contributed by atoms with E-state index in [0.717, 1.165) is 17.1 Å². The molecule has 23 heavy (non-hydrogen) atoms. The zero-order chi connectivity index (χ0) is 16.7. The van der Waals surface area contributed by atoms with E-state index in [9.17, 15) is 4.79 Å². The number of rotatable bonds is 7. The molecule has 0 radical (unpaired) electrons. The first-order chi connectivity index (χ1) is 11.1. The molecule has 1 N–H and O–H groups in total. The van der Waals surface area contributed by atoms with Crippen molar-refractivity contribution in [3.05, 3.63) is 59.7 Å². The standard InChI is InChI=1S/C19H23NO3/c1-4-22-18-8-6-5-7-16(18)13-20-19(21)15-9-11-17(12-10-15)23-14(2)3/h5-12,14H,4,13H2,1-3H3,(H,20,21). The van der Waals surface area contributed by atoms with E-state index in [1.54, 1.807) is 12.1 Å². The van der Waals surface area contributed by atoms with Crippen LogP contribution in [0, 0.1) is 0 Å². The maximum Gasteiger partial charge on any atom is 0.251 e. The first kappa shape index (κ1) is 16.9. The Balaban J connectivity index is 1.97. The third-order valence-electron chi connectivity index (χ3n) is 3.20. The van der Waals surface area contributed by atoms with Gasteiger partial charge in [-0.2, -0.15) is 0 Å². The largest absolute Gasteiger partial charge is 0.494 e. The van der Waals surface area contributed by atoms with Crippen molar-refractivity contribution in [2.24, 2.45) is 0 Å². The van der Waals surface area contributed by atoms with Gasteiger partial charge in [-0.05, 0) is 51.1 Å². The molecule has 0 aromatic heterocycles. The lowest BCUT2D eigenvalue weighted by molar-refractivity contribution is 0.0950. The number of carbonyl (C=O) groups is 1. The van der Waals surface area contributed by atoms with E-state index in [1.807, 2.05) is 57.2 Å². The molecule has 0 unspecified atom stereocenters. The molecule has 2 aromatic carbocycles. The summed E-state index contributed by atoms with van der Waals surface area (Å²) in [4.78, 5) is 12.2. The van der Waals surface area contributed by atoms with Crippen LogP contribution in [0.15, 0.2) is 48.5 Å². The van der Waals surface area contributed by atoms with Crippen LogP contribution in [0.1, 0.15) is 36.7 Å². The zero-order valence-corrected chi connectivity index (χ0v) is 13.8. The normalized spacial score (nSPS) is 10.4. The molecule has 0 aliphatic heterocycles. The lowest BCUT2D eigenvalue weighted by Crippen LogP contribution is -2.23. The van der Waals surface area contributed by atoms with E-state index in [1.165, 1.54) is 0 Å². The molecule has 0 saturated heterocycles. The Labute approximate surface area is 137 Å². The van der Waals surface area contributed by atoms with E-state index in [-0.39, 0.29) is 12.0 Å². The molecule has 4 nitrogen and oxygen atoms in total. The number of hydrogen-bond acceptors (Lipinski definition) is 3. The van der Waals surface area contributed by atoms with E-state index >= 15 is 0 Å². The highest BCUT2D eigenvalue weighted by atomic mass is 16.5. The number of amides is 1. The average molecular weight is 313 g/mol. The second-order valence-electron chi connectivity index (χ2n) is 5.41. The number of para-hydroxylation sites is 1. The molecule has 122 valence electrons. The maximum atomic E-state index is 12.2. The highest BCUT2D eigenvalue weighted by molar-refractivity contribution is 5.94. The Morgan fingerprint density at radius 3 is 2.43 bits per heavy atom. The summed E-state index contributed by atoms with van der Waals surface area (Å²) in [6, 6.07) is 14.9. The molecule has 0 bridgehead atoms. The average Bonchev–Trinajstić information content (AvgIpc) is 2.54. The van der Waals surface area contributed by atoms with Crippen molar-refractivity contribution in [1.29, 1.82) is 0 Å². The number of carbonyl (C=O) groups excluding carboxylic acids is 1. The number of nitrogens with one attached hydrogen (secondary N) is 1. The van der Waals surface area contributed by atoms with Crippen molar-refractivity contribution < 1.29 is 14.3 Å². The highest BCUT2D eigenvalue weighted by Gasteiger charge is 2.08. The fraction of sp³-hybridized carbons (Fsp3) is 0.316. The summed E-state index contributed by atoms with van der Waals surface area (Å²) in [6.07, 6.45) is 0.116. The minimum absolute atomic E-state index is 0.116. The Bertz CT molecular complexity index is 635. The molecule has 0 saturated carbocycles. The number of ether oxygens (including phenoxy) is 2. The molecule has 2 aromatic rings. The molecule has 0 aliphatic rings. The summed E-state index contributed by atoms with van der Waals surface area (Å²) in [5.41, 5.74) is 1.57. The zero-order valence-electron chi connectivity index (χ0n) is 13.8. The van der Waals surface area contributed by atoms with Crippen LogP contribution in [0.4, 0.5) is 0 Å². The summed E-state index contributed by atoms with van der Waals surface area (Å²) >= 11 is 0. The van der Waals surface area contributed by atoms with Crippen molar-refractivity contribution in [3.8, 4) is 11.5 Å². The molecule has 0 heterocycles. The van der Waals surface area contributed by atoms with Crippen LogP contribution in [0.25, 0.3) is 0 Å². The fourth-order valence-electron chi connectivity index (χ4n) is 2.18. The van der Waals surface area contributed by atoms with Crippen molar-refractivity contribution in [3.63, 3.8) is 0 Å². The van der Waals surface area contributed by atoms with E-state index in [0.29, 0.717) is 18.7 Å². The number of benzene rings is 2. The van der Waals surface area contributed by atoms with Gasteiger partial charge >= 0.3 is 0 Å². The van der Waals surface area contributed by atoms with E-state index < -0.39 is 0 Å². The summed E-state index contributed by atoms with van der Waals surface area (Å²) < 4.78 is 11.1. The lowest BCUT2D eigenvalue weighted by atomic mass is 10.1. The van der Waals surface area contributed by atoms with Crippen LogP contribution in [0.2, 0.25) is 0 Å².